The molecule has 24 heavy (non-hydrogen) atoms. The first kappa shape index (κ1) is 16.9. The summed E-state index contributed by atoms with van der Waals surface area (Å²) in [6.07, 6.45) is 1.79. The molecule has 1 aromatic carbocycles. The molecule has 0 unspecified atom stereocenters. The minimum atomic E-state index is -0.909. The second kappa shape index (κ2) is 6.16. The topological polar surface area (TPSA) is 78.5 Å². The number of urea groups is 1. The number of halogens is 2. The lowest BCUT2D eigenvalue weighted by Gasteiger charge is -2.20. The van der Waals surface area contributed by atoms with Crippen molar-refractivity contribution in [1.82, 2.24) is 15.5 Å². The molecule has 1 saturated heterocycles. The lowest BCUT2D eigenvalue weighted by atomic mass is 9.96. The van der Waals surface area contributed by atoms with Crippen molar-refractivity contribution in [3.63, 3.8) is 0 Å². The van der Waals surface area contributed by atoms with E-state index in [0.717, 1.165) is 17.7 Å². The fourth-order valence-electron chi connectivity index (χ4n) is 2.87. The van der Waals surface area contributed by atoms with Gasteiger partial charge in [-0.2, -0.15) is 0 Å². The molecule has 0 bridgehead atoms. The number of imide groups is 1. The van der Waals surface area contributed by atoms with E-state index in [-0.39, 0.29) is 24.9 Å². The van der Waals surface area contributed by atoms with Gasteiger partial charge in [0, 0.05) is 16.6 Å². The van der Waals surface area contributed by atoms with Crippen LogP contribution in [0.4, 0.5) is 9.18 Å². The van der Waals surface area contributed by atoms with E-state index in [4.69, 9.17) is 0 Å². The SMILES string of the molecule is C[C@@]1(C2CC2)NC(=O)N(CC(=O)NCc2cc(Br)ccc2F)C1=O. The zero-order valence-corrected chi connectivity index (χ0v) is 14.7. The quantitative estimate of drug-likeness (QED) is 0.745. The Morgan fingerprint density at radius 1 is 1.46 bits per heavy atom. The molecule has 1 saturated carbocycles. The molecule has 0 radical (unpaired) electrons. The Labute approximate surface area is 146 Å². The summed E-state index contributed by atoms with van der Waals surface area (Å²) in [5.41, 5.74) is -0.592. The van der Waals surface area contributed by atoms with Crippen LogP contribution in [0.2, 0.25) is 0 Å². The highest BCUT2D eigenvalue weighted by Crippen LogP contribution is 2.42. The maximum atomic E-state index is 13.6. The molecule has 0 aromatic heterocycles. The molecule has 1 aromatic rings. The fourth-order valence-corrected chi connectivity index (χ4v) is 3.28. The molecule has 128 valence electrons. The van der Waals surface area contributed by atoms with Crippen LogP contribution >= 0.6 is 15.9 Å². The molecular weight excluding hydrogens is 381 g/mol. The zero-order chi connectivity index (χ0) is 17.5. The van der Waals surface area contributed by atoms with Gasteiger partial charge in [0.15, 0.2) is 0 Å². The summed E-state index contributed by atoms with van der Waals surface area (Å²) in [7, 11) is 0. The first-order chi connectivity index (χ1) is 11.3. The first-order valence-corrected chi connectivity index (χ1v) is 8.45. The van der Waals surface area contributed by atoms with E-state index in [1.165, 1.54) is 6.07 Å². The van der Waals surface area contributed by atoms with Gasteiger partial charge in [0.25, 0.3) is 5.91 Å². The van der Waals surface area contributed by atoms with Crippen molar-refractivity contribution >= 4 is 33.8 Å². The predicted octanol–water partition coefficient (Wildman–Crippen LogP) is 1.92. The Bertz CT molecular complexity index is 723. The lowest BCUT2D eigenvalue weighted by Crippen LogP contribution is -2.47. The van der Waals surface area contributed by atoms with Gasteiger partial charge in [0.05, 0.1) is 0 Å². The molecule has 2 N–H and O–H groups in total. The summed E-state index contributed by atoms with van der Waals surface area (Å²) < 4.78 is 14.3. The third-order valence-electron chi connectivity index (χ3n) is 4.48. The van der Waals surface area contributed by atoms with Crippen LogP contribution < -0.4 is 10.6 Å². The molecule has 2 aliphatic rings. The lowest BCUT2D eigenvalue weighted by molar-refractivity contribution is -0.135. The predicted molar refractivity (Wildman–Crippen MR) is 87.3 cm³/mol. The van der Waals surface area contributed by atoms with Gasteiger partial charge in [-0.3, -0.25) is 14.5 Å². The third-order valence-corrected chi connectivity index (χ3v) is 4.97. The fraction of sp³-hybridized carbons (Fsp3) is 0.438. The largest absolute Gasteiger partial charge is 0.350 e. The molecule has 1 aliphatic carbocycles. The molecule has 6 nitrogen and oxygen atoms in total. The van der Waals surface area contributed by atoms with Crippen LogP contribution in [0.1, 0.15) is 25.3 Å². The molecule has 2 fully saturated rings. The minimum Gasteiger partial charge on any atom is -0.350 e. The first-order valence-electron chi connectivity index (χ1n) is 7.66. The van der Waals surface area contributed by atoms with Gasteiger partial charge in [-0.25, -0.2) is 9.18 Å². The van der Waals surface area contributed by atoms with E-state index in [1.807, 2.05) is 0 Å². The summed E-state index contributed by atoms with van der Waals surface area (Å²) in [4.78, 5) is 37.4. The van der Waals surface area contributed by atoms with E-state index in [2.05, 4.69) is 26.6 Å². The molecule has 8 heteroatoms. The molecule has 1 aliphatic heterocycles. The second-order valence-corrected chi connectivity index (χ2v) is 7.23. The number of benzene rings is 1. The van der Waals surface area contributed by atoms with Crippen molar-refractivity contribution < 1.29 is 18.8 Å². The van der Waals surface area contributed by atoms with Crippen LogP contribution in [0.25, 0.3) is 0 Å². The van der Waals surface area contributed by atoms with Crippen LogP contribution in [-0.4, -0.2) is 34.8 Å². The number of carbonyl (C=O) groups excluding carboxylic acids is 3. The van der Waals surface area contributed by atoms with Crippen molar-refractivity contribution in [3.8, 4) is 0 Å². The number of carbonyl (C=O) groups is 3. The summed E-state index contributed by atoms with van der Waals surface area (Å²) in [6, 6.07) is 3.86. The van der Waals surface area contributed by atoms with Gasteiger partial charge in [-0.1, -0.05) is 15.9 Å². The van der Waals surface area contributed by atoms with E-state index < -0.39 is 23.3 Å². The van der Waals surface area contributed by atoms with E-state index in [1.54, 1.807) is 19.1 Å². The van der Waals surface area contributed by atoms with Gasteiger partial charge in [-0.05, 0) is 43.9 Å². The summed E-state index contributed by atoms with van der Waals surface area (Å²) in [5, 5.41) is 5.21. The van der Waals surface area contributed by atoms with E-state index in [0.29, 0.717) is 10.0 Å². The van der Waals surface area contributed by atoms with Gasteiger partial charge >= 0.3 is 6.03 Å². The molecule has 0 spiro atoms. The average molecular weight is 398 g/mol. The Morgan fingerprint density at radius 2 is 2.17 bits per heavy atom. The van der Waals surface area contributed by atoms with Gasteiger partial charge in [0.2, 0.25) is 5.91 Å². The Kier molecular flexibility index (Phi) is 4.33. The third kappa shape index (κ3) is 3.15. The second-order valence-electron chi connectivity index (χ2n) is 6.31. The number of nitrogens with one attached hydrogen (secondary N) is 2. The highest BCUT2D eigenvalue weighted by molar-refractivity contribution is 9.10. The van der Waals surface area contributed by atoms with Crippen LogP contribution in [0.15, 0.2) is 22.7 Å². The number of nitrogens with zero attached hydrogens (tertiary/aromatic N) is 1. The number of hydrogen-bond donors (Lipinski definition) is 2. The molecule has 1 atom stereocenters. The Morgan fingerprint density at radius 3 is 2.83 bits per heavy atom. The monoisotopic (exact) mass is 397 g/mol. The Balaban J connectivity index is 1.60. The average Bonchev–Trinajstić information content (AvgIpc) is 3.34. The van der Waals surface area contributed by atoms with Crippen molar-refractivity contribution in [2.24, 2.45) is 5.92 Å². The van der Waals surface area contributed by atoms with E-state index >= 15 is 0 Å². The maximum absolute atomic E-state index is 13.6. The van der Waals surface area contributed by atoms with Crippen LogP contribution in [0.3, 0.4) is 0 Å². The van der Waals surface area contributed by atoms with Crippen molar-refractivity contribution in [1.29, 1.82) is 0 Å². The summed E-state index contributed by atoms with van der Waals surface area (Å²) in [6.45, 7) is 1.30. The highest BCUT2D eigenvalue weighted by atomic mass is 79.9. The molecular formula is C16H17BrFN3O3. The number of hydrogen-bond acceptors (Lipinski definition) is 3. The van der Waals surface area contributed by atoms with Crippen LogP contribution in [0, 0.1) is 11.7 Å². The van der Waals surface area contributed by atoms with Crippen molar-refractivity contribution in [2.75, 3.05) is 6.54 Å². The maximum Gasteiger partial charge on any atom is 0.325 e. The standard InChI is InChI=1S/C16H17BrFN3O3/c1-16(10-2-3-10)14(23)21(15(24)20-16)8-13(22)19-7-9-6-11(17)4-5-12(9)18/h4-6,10H,2-3,7-8H2,1H3,(H,19,22)(H,20,24)/t16-/m0/s1. The molecule has 3 rings (SSSR count). The van der Waals surface area contributed by atoms with Crippen molar-refractivity contribution in [2.45, 2.75) is 31.8 Å². The minimum absolute atomic E-state index is 0.0202. The molecule has 4 amide bonds. The highest BCUT2D eigenvalue weighted by Gasteiger charge is 2.56. The normalized spacial score (nSPS) is 23.4. The van der Waals surface area contributed by atoms with Gasteiger partial charge in [0.1, 0.15) is 17.9 Å². The van der Waals surface area contributed by atoms with Gasteiger partial charge < -0.3 is 10.6 Å². The zero-order valence-electron chi connectivity index (χ0n) is 13.1. The van der Waals surface area contributed by atoms with Crippen LogP contribution in [0.5, 0.6) is 0 Å². The van der Waals surface area contributed by atoms with E-state index in [9.17, 15) is 18.8 Å². The summed E-state index contributed by atoms with van der Waals surface area (Å²) >= 11 is 3.24. The van der Waals surface area contributed by atoms with Gasteiger partial charge in [-0.15, -0.1) is 0 Å². The number of rotatable bonds is 5. The molecule has 1 heterocycles. The van der Waals surface area contributed by atoms with Crippen LogP contribution in [-0.2, 0) is 16.1 Å². The summed E-state index contributed by atoms with van der Waals surface area (Å²) in [5.74, 6) is -1.19. The smallest absolute Gasteiger partial charge is 0.325 e. The Hall–Kier alpha value is -1.96. The van der Waals surface area contributed by atoms with Crippen molar-refractivity contribution in [3.05, 3.63) is 34.1 Å². The number of amides is 4.